The molecule has 0 bridgehead atoms. The SMILES string of the molecule is COc1cc2c(c(OC)c1F)C1C3=CC2N31. The van der Waals surface area contributed by atoms with Gasteiger partial charge in [0.15, 0.2) is 11.5 Å². The predicted octanol–water partition coefficient (Wildman–Crippen LogP) is 2.15. The number of rotatable bonds is 2. The molecule has 0 N–H and O–H groups in total. The normalized spacial score (nSPS) is 26.7. The molecule has 3 aliphatic rings. The fourth-order valence-corrected chi connectivity index (χ4v) is 2.93. The Morgan fingerprint density at radius 2 is 2.12 bits per heavy atom. The van der Waals surface area contributed by atoms with Crippen molar-refractivity contribution in [3.63, 3.8) is 0 Å². The molecule has 16 heavy (non-hydrogen) atoms. The fourth-order valence-electron chi connectivity index (χ4n) is 2.93. The highest BCUT2D eigenvalue weighted by molar-refractivity contribution is 5.67. The van der Waals surface area contributed by atoms with E-state index in [-0.39, 0.29) is 11.8 Å². The maximum absolute atomic E-state index is 14.0. The van der Waals surface area contributed by atoms with Crippen LogP contribution in [0.5, 0.6) is 11.5 Å². The predicted molar refractivity (Wildman–Crippen MR) is 54.9 cm³/mol. The number of nitrogens with zero attached hydrogens (tertiary/aromatic N) is 1. The lowest BCUT2D eigenvalue weighted by molar-refractivity contribution is 0.347. The fraction of sp³-hybridized carbons (Fsp3) is 0.333. The Morgan fingerprint density at radius 3 is 2.81 bits per heavy atom. The number of methoxy groups -OCH3 is 2. The third-order valence-corrected chi connectivity index (χ3v) is 3.69. The zero-order valence-electron chi connectivity index (χ0n) is 8.95. The number of fused-ring (bicyclic) bond motifs is 4. The summed E-state index contributed by atoms with van der Waals surface area (Å²) in [5, 5.41) is 0. The molecule has 0 saturated carbocycles. The smallest absolute Gasteiger partial charge is 0.207 e. The van der Waals surface area contributed by atoms with Crippen LogP contribution in [0.25, 0.3) is 0 Å². The van der Waals surface area contributed by atoms with Crippen molar-refractivity contribution in [1.82, 2.24) is 4.90 Å². The van der Waals surface area contributed by atoms with Gasteiger partial charge in [-0.05, 0) is 17.7 Å². The van der Waals surface area contributed by atoms with Crippen molar-refractivity contribution in [3.05, 3.63) is 34.8 Å². The molecule has 2 unspecified atom stereocenters. The first-order chi connectivity index (χ1) is 7.77. The monoisotopic (exact) mass is 219 g/mol. The van der Waals surface area contributed by atoms with Crippen molar-refractivity contribution in [1.29, 1.82) is 0 Å². The van der Waals surface area contributed by atoms with E-state index in [0.29, 0.717) is 11.8 Å². The Hall–Kier alpha value is -1.71. The molecule has 0 amide bonds. The average molecular weight is 219 g/mol. The van der Waals surface area contributed by atoms with E-state index in [1.54, 1.807) is 6.07 Å². The molecule has 0 aromatic heterocycles. The van der Waals surface area contributed by atoms with Gasteiger partial charge in [-0.15, -0.1) is 0 Å². The molecule has 1 saturated heterocycles. The molecule has 0 aliphatic carbocycles. The van der Waals surface area contributed by atoms with Gasteiger partial charge in [-0.1, -0.05) is 0 Å². The van der Waals surface area contributed by atoms with E-state index in [4.69, 9.17) is 9.47 Å². The molecule has 82 valence electrons. The molecule has 3 nitrogen and oxygen atoms in total. The first-order valence-electron chi connectivity index (χ1n) is 5.22. The first kappa shape index (κ1) is 8.44. The minimum absolute atomic E-state index is 0.264. The Balaban J connectivity index is 2.00. The Labute approximate surface area is 92.1 Å². The second-order valence-corrected chi connectivity index (χ2v) is 4.28. The van der Waals surface area contributed by atoms with E-state index in [2.05, 4.69) is 11.0 Å². The van der Waals surface area contributed by atoms with Gasteiger partial charge in [0.05, 0.1) is 26.3 Å². The van der Waals surface area contributed by atoms with Gasteiger partial charge in [-0.3, -0.25) is 0 Å². The molecule has 1 aromatic carbocycles. The molecule has 1 aromatic rings. The van der Waals surface area contributed by atoms with E-state index in [1.807, 2.05) is 0 Å². The molecule has 4 rings (SSSR count). The third-order valence-electron chi connectivity index (χ3n) is 3.69. The lowest BCUT2D eigenvalue weighted by Gasteiger charge is -2.21. The van der Waals surface area contributed by atoms with E-state index < -0.39 is 5.82 Å². The lowest BCUT2D eigenvalue weighted by Crippen LogP contribution is -2.11. The van der Waals surface area contributed by atoms with Crippen molar-refractivity contribution < 1.29 is 13.9 Å². The number of hydrogen-bond donors (Lipinski definition) is 0. The van der Waals surface area contributed by atoms with Gasteiger partial charge in [0, 0.05) is 11.3 Å². The average Bonchev–Trinajstić information content (AvgIpc) is 2.75. The van der Waals surface area contributed by atoms with Crippen LogP contribution in [0.15, 0.2) is 17.8 Å². The summed E-state index contributed by atoms with van der Waals surface area (Å²) in [5.74, 6) is 0.215. The van der Waals surface area contributed by atoms with Gasteiger partial charge in [-0.2, -0.15) is 4.39 Å². The number of ether oxygens (including phenoxy) is 2. The summed E-state index contributed by atoms with van der Waals surface area (Å²) >= 11 is 0. The molecule has 1 fully saturated rings. The summed E-state index contributed by atoms with van der Waals surface area (Å²) in [6, 6.07) is 2.38. The van der Waals surface area contributed by atoms with Gasteiger partial charge in [0.25, 0.3) is 0 Å². The molecule has 0 spiro atoms. The van der Waals surface area contributed by atoms with Gasteiger partial charge in [0.1, 0.15) is 0 Å². The van der Waals surface area contributed by atoms with Crippen LogP contribution in [0.2, 0.25) is 0 Å². The largest absolute Gasteiger partial charge is 0.494 e. The Bertz CT molecular complexity index is 552. The van der Waals surface area contributed by atoms with Crippen LogP contribution in [-0.4, -0.2) is 19.1 Å². The highest BCUT2D eigenvalue weighted by Gasteiger charge is 2.61. The van der Waals surface area contributed by atoms with Crippen molar-refractivity contribution in [2.24, 2.45) is 0 Å². The van der Waals surface area contributed by atoms with Crippen LogP contribution in [0.1, 0.15) is 23.2 Å². The summed E-state index contributed by atoms with van der Waals surface area (Å²) in [6.45, 7) is 0. The topological polar surface area (TPSA) is 21.5 Å². The number of benzene rings is 1. The highest BCUT2D eigenvalue weighted by Crippen LogP contribution is 2.70. The quantitative estimate of drug-likeness (QED) is 0.711. The van der Waals surface area contributed by atoms with Crippen LogP contribution in [-0.2, 0) is 0 Å². The van der Waals surface area contributed by atoms with Crippen molar-refractivity contribution >= 4 is 0 Å². The van der Waals surface area contributed by atoms with Crippen LogP contribution in [0, 0.1) is 5.82 Å². The third kappa shape index (κ3) is 0.672. The number of halogens is 1. The first-order valence-corrected chi connectivity index (χ1v) is 5.22. The van der Waals surface area contributed by atoms with Crippen LogP contribution in [0.4, 0.5) is 4.39 Å². The summed E-state index contributed by atoms with van der Waals surface area (Å²) in [5.41, 5.74) is 3.42. The van der Waals surface area contributed by atoms with E-state index in [9.17, 15) is 4.39 Å². The van der Waals surface area contributed by atoms with Crippen LogP contribution >= 0.6 is 0 Å². The molecule has 2 atom stereocenters. The van der Waals surface area contributed by atoms with Gasteiger partial charge >= 0.3 is 0 Å². The summed E-state index contributed by atoms with van der Waals surface area (Å²) in [4.78, 5) is 2.27. The van der Waals surface area contributed by atoms with Gasteiger partial charge in [0.2, 0.25) is 5.82 Å². The van der Waals surface area contributed by atoms with Crippen molar-refractivity contribution in [3.8, 4) is 11.5 Å². The summed E-state index contributed by atoms with van der Waals surface area (Å²) in [6.07, 6.45) is 2.21. The molecule has 3 aliphatic heterocycles. The minimum Gasteiger partial charge on any atom is -0.494 e. The van der Waals surface area contributed by atoms with Crippen molar-refractivity contribution in [2.75, 3.05) is 14.2 Å². The van der Waals surface area contributed by atoms with E-state index >= 15 is 0 Å². The summed E-state index contributed by atoms with van der Waals surface area (Å²) < 4.78 is 24.2. The molecular formula is C12H10FNO2. The standard InChI is InChI=1S/C12H10FNO2/c1-15-8-3-5-6-4-7-11(14(6)7)9(5)12(16-2)10(8)13/h3-4,6,11H,1-2H3. The maximum atomic E-state index is 14.0. The number of hydrogen-bond acceptors (Lipinski definition) is 3. The highest BCUT2D eigenvalue weighted by atomic mass is 19.1. The van der Waals surface area contributed by atoms with Crippen LogP contribution < -0.4 is 9.47 Å². The zero-order chi connectivity index (χ0) is 11.0. The summed E-state index contributed by atoms with van der Waals surface area (Å²) in [7, 11) is 2.98. The van der Waals surface area contributed by atoms with Crippen molar-refractivity contribution in [2.45, 2.75) is 12.1 Å². The minimum atomic E-state index is -0.391. The molecular weight excluding hydrogens is 209 g/mol. The second kappa shape index (κ2) is 2.34. The molecule has 0 radical (unpaired) electrons. The van der Waals surface area contributed by atoms with E-state index in [0.717, 1.165) is 11.1 Å². The Morgan fingerprint density at radius 1 is 1.31 bits per heavy atom. The van der Waals surface area contributed by atoms with Gasteiger partial charge < -0.3 is 14.4 Å². The zero-order valence-corrected chi connectivity index (χ0v) is 8.95. The molecule has 3 heterocycles. The second-order valence-electron chi connectivity index (χ2n) is 4.28. The van der Waals surface area contributed by atoms with Gasteiger partial charge in [-0.25, -0.2) is 0 Å². The Kier molecular flexibility index (Phi) is 1.23. The van der Waals surface area contributed by atoms with Crippen LogP contribution in [0.3, 0.4) is 0 Å². The molecule has 4 heteroatoms. The maximum Gasteiger partial charge on any atom is 0.207 e. The van der Waals surface area contributed by atoms with E-state index in [1.165, 1.54) is 19.9 Å². The lowest BCUT2D eigenvalue weighted by atomic mass is 9.93.